The Hall–Kier alpha value is -2.07. The minimum absolute atomic E-state index is 0.245. The van der Waals surface area contributed by atoms with Crippen LogP contribution in [-0.2, 0) is 4.79 Å². The molecule has 0 unspecified atom stereocenters. The van der Waals surface area contributed by atoms with E-state index in [1.165, 1.54) is 12.1 Å². The van der Waals surface area contributed by atoms with E-state index in [4.69, 9.17) is 16.3 Å². The average molecular weight is 322 g/mol. The van der Waals surface area contributed by atoms with Crippen molar-refractivity contribution in [2.75, 3.05) is 0 Å². The monoisotopic (exact) mass is 321 g/mol. The van der Waals surface area contributed by atoms with E-state index >= 15 is 0 Å². The van der Waals surface area contributed by atoms with Crippen molar-refractivity contribution in [3.05, 3.63) is 64.9 Å². The summed E-state index contributed by atoms with van der Waals surface area (Å²) < 4.78 is 18.5. The average Bonchev–Trinajstić information content (AvgIpc) is 2.50. The number of hydrogen-bond donors (Lipinski definition) is 1. The van der Waals surface area contributed by atoms with E-state index in [2.05, 4.69) is 5.32 Å². The molecule has 1 amide bonds. The van der Waals surface area contributed by atoms with Gasteiger partial charge < -0.3 is 10.1 Å². The molecule has 116 valence electrons. The molecule has 3 nitrogen and oxygen atoms in total. The lowest BCUT2D eigenvalue weighted by molar-refractivity contribution is -0.127. The summed E-state index contributed by atoms with van der Waals surface area (Å²) in [6, 6.07) is 12.7. The Bertz CT molecular complexity index is 645. The number of para-hydroxylation sites is 1. The third-order valence-corrected chi connectivity index (χ3v) is 3.55. The summed E-state index contributed by atoms with van der Waals surface area (Å²) in [6.07, 6.45) is -0.692. The summed E-state index contributed by atoms with van der Waals surface area (Å²) in [6.45, 7) is 3.48. The molecule has 1 N–H and O–H groups in total. The molecule has 0 aliphatic carbocycles. The molecule has 2 aromatic rings. The number of hydrogen-bond acceptors (Lipinski definition) is 2. The molecule has 22 heavy (non-hydrogen) atoms. The zero-order valence-corrected chi connectivity index (χ0v) is 13.1. The molecule has 0 aliphatic rings. The Balaban J connectivity index is 1.96. The molecule has 0 fully saturated rings. The lowest BCUT2D eigenvalue weighted by Crippen LogP contribution is -2.37. The van der Waals surface area contributed by atoms with Crippen molar-refractivity contribution in [2.24, 2.45) is 0 Å². The first-order chi connectivity index (χ1) is 10.5. The topological polar surface area (TPSA) is 38.3 Å². The van der Waals surface area contributed by atoms with Crippen LogP contribution in [0.1, 0.15) is 25.5 Å². The number of nitrogens with one attached hydrogen (secondary N) is 1. The number of carbonyl (C=O) groups is 1. The number of amides is 1. The van der Waals surface area contributed by atoms with Crippen molar-refractivity contribution in [1.29, 1.82) is 0 Å². The van der Waals surface area contributed by atoms with Crippen LogP contribution in [0.3, 0.4) is 0 Å². The van der Waals surface area contributed by atoms with Crippen LogP contribution in [0.4, 0.5) is 4.39 Å². The lowest BCUT2D eigenvalue weighted by atomic mass is 10.1. The molecule has 2 aromatic carbocycles. The number of carbonyl (C=O) groups excluding carboxylic acids is 1. The largest absolute Gasteiger partial charge is 0.479 e. The molecule has 0 radical (unpaired) electrons. The molecule has 0 spiro atoms. The van der Waals surface area contributed by atoms with Crippen LogP contribution in [0.5, 0.6) is 5.75 Å². The second-order valence-electron chi connectivity index (χ2n) is 4.97. The second kappa shape index (κ2) is 7.27. The van der Waals surface area contributed by atoms with Crippen LogP contribution < -0.4 is 10.1 Å². The highest BCUT2D eigenvalue weighted by Gasteiger charge is 2.18. The minimum atomic E-state index is -0.692. The number of rotatable bonds is 5. The highest BCUT2D eigenvalue weighted by molar-refractivity contribution is 6.32. The second-order valence-corrected chi connectivity index (χ2v) is 5.38. The smallest absolute Gasteiger partial charge is 0.261 e. The Morgan fingerprint density at radius 3 is 2.41 bits per heavy atom. The Morgan fingerprint density at radius 2 is 1.77 bits per heavy atom. The van der Waals surface area contributed by atoms with Crippen LogP contribution in [0, 0.1) is 5.82 Å². The molecule has 5 heteroatoms. The minimum Gasteiger partial charge on any atom is -0.479 e. The van der Waals surface area contributed by atoms with Gasteiger partial charge >= 0.3 is 0 Å². The van der Waals surface area contributed by atoms with Gasteiger partial charge in [-0.15, -0.1) is 0 Å². The van der Waals surface area contributed by atoms with Crippen LogP contribution in [0.15, 0.2) is 48.5 Å². The van der Waals surface area contributed by atoms with Gasteiger partial charge in [0, 0.05) is 0 Å². The van der Waals surface area contributed by atoms with Gasteiger partial charge in [0.1, 0.15) is 11.6 Å². The van der Waals surface area contributed by atoms with Crippen molar-refractivity contribution in [3.8, 4) is 5.75 Å². The predicted octanol–water partition coefficient (Wildman–Crippen LogP) is 4.12. The first kappa shape index (κ1) is 16.3. The highest BCUT2D eigenvalue weighted by atomic mass is 35.5. The number of ether oxygens (including phenoxy) is 1. The number of halogens is 2. The summed E-state index contributed by atoms with van der Waals surface area (Å²) in [5, 5.41) is 3.28. The summed E-state index contributed by atoms with van der Waals surface area (Å²) in [7, 11) is 0. The lowest BCUT2D eigenvalue weighted by Gasteiger charge is -2.19. The third kappa shape index (κ3) is 4.21. The van der Waals surface area contributed by atoms with E-state index in [0.717, 1.165) is 5.56 Å². The number of benzene rings is 2. The maximum Gasteiger partial charge on any atom is 0.261 e. The SMILES string of the molecule is C[C@@H](Oc1ccccc1Cl)C(=O)N[C@H](C)c1ccc(F)cc1. The van der Waals surface area contributed by atoms with Gasteiger partial charge in [-0.2, -0.15) is 0 Å². The van der Waals surface area contributed by atoms with Gasteiger partial charge in [-0.25, -0.2) is 4.39 Å². The van der Waals surface area contributed by atoms with Crippen LogP contribution >= 0.6 is 11.6 Å². The fourth-order valence-electron chi connectivity index (χ4n) is 1.95. The fraction of sp³-hybridized carbons (Fsp3) is 0.235. The quantitative estimate of drug-likeness (QED) is 0.899. The molecule has 0 aromatic heterocycles. The zero-order chi connectivity index (χ0) is 16.1. The van der Waals surface area contributed by atoms with Gasteiger partial charge in [-0.1, -0.05) is 35.9 Å². The fourth-order valence-corrected chi connectivity index (χ4v) is 2.13. The standard InChI is InChI=1S/C17H17ClFNO2/c1-11(13-7-9-14(19)10-8-13)20-17(21)12(2)22-16-6-4-3-5-15(16)18/h3-12H,1-2H3,(H,20,21)/t11-,12-/m1/s1. The molecule has 0 saturated carbocycles. The van der Waals surface area contributed by atoms with E-state index in [-0.39, 0.29) is 17.8 Å². The van der Waals surface area contributed by atoms with Crippen molar-refractivity contribution >= 4 is 17.5 Å². The van der Waals surface area contributed by atoms with Crippen LogP contribution in [0.2, 0.25) is 5.02 Å². The Kier molecular flexibility index (Phi) is 5.39. The van der Waals surface area contributed by atoms with Gasteiger partial charge in [0.25, 0.3) is 5.91 Å². The van der Waals surface area contributed by atoms with Gasteiger partial charge in [0.2, 0.25) is 0 Å². The summed E-state index contributed by atoms with van der Waals surface area (Å²) in [5.41, 5.74) is 0.819. The maximum atomic E-state index is 12.9. The van der Waals surface area contributed by atoms with Crippen molar-refractivity contribution in [2.45, 2.75) is 26.0 Å². The molecule has 2 atom stereocenters. The van der Waals surface area contributed by atoms with E-state index in [0.29, 0.717) is 10.8 Å². The van der Waals surface area contributed by atoms with E-state index in [9.17, 15) is 9.18 Å². The molecule has 0 bridgehead atoms. The van der Waals surface area contributed by atoms with E-state index in [1.54, 1.807) is 43.3 Å². The normalized spacial score (nSPS) is 13.3. The maximum absolute atomic E-state index is 12.9. The molecule has 0 aliphatic heterocycles. The summed E-state index contributed by atoms with van der Waals surface area (Å²) >= 11 is 6.00. The Labute approximate surface area is 134 Å². The van der Waals surface area contributed by atoms with Crippen molar-refractivity contribution < 1.29 is 13.9 Å². The summed E-state index contributed by atoms with van der Waals surface area (Å²) in [4.78, 5) is 12.2. The predicted molar refractivity (Wildman–Crippen MR) is 84.5 cm³/mol. The van der Waals surface area contributed by atoms with Crippen LogP contribution in [-0.4, -0.2) is 12.0 Å². The molecule has 0 heterocycles. The van der Waals surface area contributed by atoms with Gasteiger partial charge in [-0.05, 0) is 43.7 Å². The summed E-state index contributed by atoms with van der Waals surface area (Å²) in [5.74, 6) is -0.115. The molecular formula is C17H17ClFNO2. The van der Waals surface area contributed by atoms with E-state index < -0.39 is 6.10 Å². The first-order valence-electron chi connectivity index (χ1n) is 6.94. The zero-order valence-electron chi connectivity index (χ0n) is 12.3. The molecule has 0 saturated heterocycles. The molecular weight excluding hydrogens is 305 g/mol. The molecule has 2 rings (SSSR count). The van der Waals surface area contributed by atoms with Crippen molar-refractivity contribution in [3.63, 3.8) is 0 Å². The van der Waals surface area contributed by atoms with E-state index in [1.807, 2.05) is 6.92 Å². The third-order valence-electron chi connectivity index (χ3n) is 3.24. The highest BCUT2D eigenvalue weighted by Crippen LogP contribution is 2.24. The first-order valence-corrected chi connectivity index (χ1v) is 7.32. The van der Waals surface area contributed by atoms with Gasteiger partial charge in [0.05, 0.1) is 11.1 Å². The van der Waals surface area contributed by atoms with Crippen molar-refractivity contribution in [1.82, 2.24) is 5.32 Å². The van der Waals surface area contributed by atoms with Gasteiger partial charge in [-0.3, -0.25) is 4.79 Å². The Morgan fingerprint density at radius 1 is 1.14 bits per heavy atom. The van der Waals surface area contributed by atoms with Crippen LogP contribution in [0.25, 0.3) is 0 Å². The van der Waals surface area contributed by atoms with Gasteiger partial charge in [0.15, 0.2) is 6.10 Å².